The molecule has 3 atom stereocenters. The highest BCUT2D eigenvalue weighted by Crippen LogP contribution is 2.41. The first-order chi connectivity index (χ1) is 8.76. The molecule has 1 aromatic rings. The lowest BCUT2D eigenvalue weighted by Gasteiger charge is -2.26. The van der Waals surface area contributed by atoms with Crippen molar-refractivity contribution >= 4 is 5.69 Å². The van der Waals surface area contributed by atoms with Crippen molar-refractivity contribution in [2.24, 2.45) is 11.8 Å². The second kappa shape index (κ2) is 6.19. The van der Waals surface area contributed by atoms with Crippen LogP contribution in [0.5, 0.6) is 0 Å². The first-order valence-electron chi connectivity index (χ1n) is 7.19. The maximum Gasteiger partial charge on any atom is 0.0393 e. The van der Waals surface area contributed by atoms with Crippen LogP contribution >= 0.6 is 0 Å². The minimum absolute atomic E-state index is 0.375. The minimum Gasteiger partial charge on any atom is -0.398 e. The van der Waals surface area contributed by atoms with E-state index in [0.717, 1.165) is 18.2 Å². The van der Waals surface area contributed by atoms with Crippen molar-refractivity contribution in [2.45, 2.75) is 45.6 Å². The first kappa shape index (κ1) is 13.3. The molecule has 100 valence electrons. The molecule has 3 nitrogen and oxygen atoms in total. The van der Waals surface area contributed by atoms with Crippen molar-refractivity contribution < 1.29 is 0 Å². The Balaban J connectivity index is 2.16. The number of nitrogens with two attached hydrogens (primary N) is 1. The molecule has 0 aromatic carbocycles. The number of nitrogen functional groups attached to an aromatic ring is 1. The number of nitrogens with zero attached hydrogens (tertiary/aromatic N) is 1. The average molecular weight is 247 g/mol. The Labute approximate surface area is 110 Å². The van der Waals surface area contributed by atoms with Gasteiger partial charge < -0.3 is 11.1 Å². The highest BCUT2D eigenvalue weighted by molar-refractivity contribution is 5.46. The largest absolute Gasteiger partial charge is 0.398 e. The maximum atomic E-state index is 6.11. The molecule has 1 heterocycles. The van der Waals surface area contributed by atoms with Crippen molar-refractivity contribution in [3.63, 3.8) is 0 Å². The molecule has 0 spiro atoms. The van der Waals surface area contributed by atoms with Crippen LogP contribution in [0.25, 0.3) is 0 Å². The van der Waals surface area contributed by atoms with E-state index in [4.69, 9.17) is 5.73 Å². The average Bonchev–Trinajstić information content (AvgIpc) is 2.85. The van der Waals surface area contributed by atoms with Crippen molar-refractivity contribution in [3.05, 3.63) is 24.0 Å². The van der Waals surface area contributed by atoms with Gasteiger partial charge in [0.25, 0.3) is 0 Å². The molecule has 18 heavy (non-hydrogen) atoms. The quantitative estimate of drug-likeness (QED) is 0.840. The molecule has 0 aliphatic heterocycles. The van der Waals surface area contributed by atoms with Crippen molar-refractivity contribution in [2.75, 3.05) is 12.3 Å². The van der Waals surface area contributed by atoms with Crippen molar-refractivity contribution in [1.82, 2.24) is 10.3 Å². The number of hydrogen-bond donors (Lipinski definition) is 2. The van der Waals surface area contributed by atoms with E-state index in [1.807, 2.05) is 12.3 Å². The monoisotopic (exact) mass is 247 g/mol. The smallest absolute Gasteiger partial charge is 0.0393 e. The second-order valence-electron chi connectivity index (χ2n) is 5.39. The van der Waals surface area contributed by atoms with E-state index in [-0.39, 0.29) is 0 Å². The molecule has 0 radical (unpaired) electrons. The summed E-state index contributed by atoms with van der Waals surface area (Å²) in [6.45, 7) is 5.44. The van der Waals surface area contributed by atoms with Gasteiger partial charge in [0.2, 0.25) is 0 Å². The molecule has 0 amide bonds. The van der Waals surface area contributed by atoms with Crippen molar-refractivity contribution in [1.29, 1.82) is 0 Å². The van der Waals surface area contributed by atoms with Gasteiger partial charge in [-0.25, -0.2) is 0 Å². The summed E-state index contributed by atoms with van der Waals surface area (Å²) in [5, 5.41) is 3.61. The number of rotatable bonds is 5. The third kappa shape index (κ3) is 2.83. The summed E-state index contributed by atoms with van der Waals surface area (Å²) in [7, 11) is 0. The van der Waals surface area contributed by atoms with Gasteiger partial charge in [0.15, 0.2) is 0 Å². The highest BCUT2D eigenvalue weighted by Gasteiger charge is 2.31. The predicted octanol–water partition coefficient (Wildman–Crippen LogP) is 3.14. The van der Waals surface area contributed by atoms with Gasteiger partial charge in [-0.05, 0) is 37.3 Å². The van der Waals surface area contributed by atoms with Crippen LogP contribution in [-0.4, -0.2) is 11.5 Å². The fourth-order valence-electron chi connectivity index (χ4n) is 3.21. The normalized spacial score (nSPS) is 25.2. The second-order valence-corrected chi connectivity index (χ2v) is 5.39. The summed E-state index contributed by atoms with van der Waals surface area (Å²) in [6.07, 6.45) is 9.00. The molecule has 3 N–H and O–H groups in total. The van der Waals surface area contributed by atoms with Crippen LogP contribution in [0, 0.1) is 11.8 Å². The van der Waals surface area contributed by atoms with Gasteiger partial charge in [-0.3, -0.25) is 4.98 Å². The van der Waals surface area contributed by atoms with Gasteiger partial charge in [-0.1, -0.05) is 26.7 Å². The van der Waals surface area contributed by atoms with E-state index in [0.29, 0.717) is 12.0 Å². The van der Waals surface area contributed by atoms with Gasteiger partial charge in [0.1, 0.15) is 0 Å². The molecule has 3 unspecified atom stereocenters. The zero-order chi connectivity index (χ0) is 13.0. The van der Waals surface area contributed by atoms with E-state index in [9.17, 15) is 0 Å². The van der Waals surface area contributed by atoms with Crippen LogP contribution in [0.15, 0.2) is 18.5 Å². The van der Waals surface area contributed by atoms with Crippen LogP contribution in [0.1, 0.15) is 51.1 Å². The third-order valence-electron chi connectivity index (χ3n) is 4.28. The molecule has 1 aliphatic carbocycles. The third-order valence-corrected chi connectivity index (χ3v) is 4.28. The first-order valence-corrected chi connectivity index (χ1v) is 7.19. The fraction of sp³-hybridized carbons (Fsp3) is 0.667. The zero-order valence-electron chi connectivity index (χ0n) is 11.5. The van der Waals surface area contributed by atoms with E-state index < -0.39 is 0 Å². The van der Waals surface area contributed by atoms with Gasteiger partial charge >= 0.3 is 0 Å². The molecular formula is C15H25N3. The summed E-state index contributed by atoms with van der Waals surface area (Å²) in [6, 6.07) is 2.28. The number of nitrogens with one attached hydrogen (secondary N) is 1. The van der Waals surface area contributed by atoms with Gasteiger partial charge in [0, 0.05) is 29.7 Å². The summed E-state index contributed by atoms with van der Waals surface area (Å²) < 4.78 is 0. The number of pyridine rings is 1. The predicted molar refractivity (Wildman–Crippen MR) is 76.2 cm³/mol. The number of aromatic nitrogens is 1. The van der Waals surface area contributed by atoms with Gasteiger partial charge in [0.05, 0.1) is 0 Å². The van der Waals surface area contributed by atoms with Crippen LogP contribution in [-0.2, 0) is 0 Å². The van der Waals surface area contributed by atoms with E-state index in [2.05, 4.69) is 24.1 Å². The lowest BCUT2D eigenvalue weighted by Crippen LogP contribution is -2.28. The topological polar surface area (TPSA) is 50.9 Å². The Kier molecular flexibility index (Phi) is 4.59. The van der Waals surface area contributed by atoms with Crippen LogP contribution in [0.2, 0.25) is 0 Å². The molecule has 1 aromatic heterocycles. The van der Waals surface area contributed by atoms with Crippen LogP contribution in [0.4, 0.5) is 5.69 Å². The molecule has 1 fully saturated rings. The molecule has 3 heteroatoms. The summed E-state index contributed by atoms with van der Waals surface area (Å²) in [5.74, 6) is 1.61. The molecular weight excluding hydrogens is 222 g/mol. The lowest BCUT2D eigenvalue weighted by atomic mass is 9.90. The molecule has 2 rings (SSSR count). The SMILES string of the molecule is CCNC(c1cnccc1N)C1CCC(CC)C1. The van der Waals surface area contributed by atoms with Crippen LogP contribution in [0.3, 0.4) is 0 Å². The van der Waals surface area contributed by atoms with Crippen molar-refractivity contribution in [3.8, 4) is 0 Å². The Morgan fingerprint density at radius 3 is 2.89 bits per heavy atom. The molecule has 1 aliphatic rings. The Bertz CT molecular complexity index is 378. The van der Waals surface area contributed by atoms with E-state index >= 15 is 0 Å². The summed E-state index contributed by atoms with van der Waals surface area (Å²) in [4.78, 5) is 4.24. The van der Waals surface area contributed by atoms with E-state index in [1.54, 1.807) is 6.20 Å². The van der Waals surface area contributed by atoms with E-state index in [1.165, 1.54) is 31.2 Å². The fourth-order valence-corrected chi connectivity index (χ4v) is 3.21. The summed E-state index contributed by atoms with van der Waals surface area (Å²) >= 11 is 0. The Morgan fingerprint density at radius 2 is 2.28 bits per heavy atom. The molecule has 0 bridgehead atoms. The van der Waals surface area contributed by atoms with Crippen LogP contribution < -0.4 is 11.1 Å². The standard InChI is InChI=1S/C15H25N3/c1-3-11-5-6-12(9-11)15(18-4-2)13-10-17-8-7-14(13)16/h7-8,10-12,15,18H,3-6,9H2,1-2H3,(H2,16,17). The minimum atomic E-state index is 0.375. The number of hydrogen-bond acceptors (Lipinski definition) is 3. The number of anilines is 1. The zero-order valence-corrected chi connectivity index (χ0v) is 11.5. The lowest BCUT2D eigenvalue weighted by molar-refractivity contribution is 0.359. The summed E-state index contributed by atoms with van der Waals surface area (Å²) in [5.41, 5.74) is 8.16. The Morgan fingerprint density at radius 1 is 1.44 bits per heavy atom. The van der Waals surface area contributed by atoms with Gasteiger partial charge in [-0.2, -0.15) is 0 Å². The molecule has 0 saturated heterocycles. The maximum absolute atomic E-state index is 6.11. The van der Waals surface area contributed by atoms with Gasteiger partial charge in [-0.15, -0.1) is 0 Å². The highest BCUT2D eigenvalue weighted by atomic mass is 14.9. The molecule has 1 saturated carbocycles. The Hall–Kier alpha value is -1.09.